The summed E-state index contributed by atoms with van der Waals surface area (Å²) in [5.41, 5.74) is 0.808. The Labute approximate surface area is 148 Å². The van der Waals surface area contributed by atoms with Crippen molar-refractivity contribution >= 4 is 0 Å². The molecule has 1 saturated carbocycles. The predicted octanol–water partition coefficient (Wildman–Crippen LogP) is 5.81. The van der Waals surface area contributed by atoms with E-state index < -0.39 is 0 Å². The molecule has 3 heteroatoms. The SMILES string of the molecule is CCCCCC1(C)CCC(C)(c2nnc3n2CCCCCC3)CC1. The van der Waals surface area contributed by atoms with E-state index in [1.807, 2.05) is 0 Å². The van der Waals surface area contributed by atoms with Crippen molar-refractivity contribution < 1.29 is 0 Å². The van der Waals surface area contributed by atoms with E-state index in [0.29, 0.717) is 5.41 Å². The van der Waals surface area contributed by atoms with Crippen LogP contribution in [0.25, 0.3) is 0 Å². The minimum atomic E-state index is 0.245. The van der Waals surface area contributed by atoms with Crippen LogP contribution in [0.2, 0.25) is 0 Å². The number of aromatic nitrogens is 3. The largest absolute Gasteiger partial charge is 0.315 e. The number of rotatable bonds is 5. The van der Waals surface area contributed by atoms with E-state index in [1.165, 1.54) is 88.7 Å². The van der Waals surface area contributed by atoms with Crippen molar-refractivity contribution in [3.63, 3.8) is 0 Å². The molecule has 0 unspecified atom stereocenters. The van der Waals surface area contributed by atoms with Crippen LogP contribution >= 0.6 is 0 Å². The summed E-state index contributed by atoms with van der Waals surface area (Å²) < 4.78 is 2.50. The molecular weight excluding hydrogens is 294 g/mol. The summed E-state index contributed by atoms with van der Waals surface area (Å²) in [6.07, 6.45) is 17.2. The Morgan fingerprint density at radius 2 is 1.67 bits per heavy atom. The Bertz CT molecular complexity index is 523. The second-order valence-corrected chi connectivity index (χ2v) is 9.08. The summed E-state index contributed by atoms with van der Waals surface area (Å²) >= 11 is 0. The van der Waals surface area contributed by atoms with Gasteiger partial charge in [0, 0.05) is 18.4 Å². The average Bonchev–Trinajstić information content (AvgIpc) is 2.94. The molecule has 3 rings (SSSR count). The Balaban J connectivity index is 1.69. The molecule has 1 fully saturated rings. The molecule has 0 bridgehead atoms. The van der Waals surface area contributed by atoms with Crippen LogP contribution in [0.1, 0.15) is 109 Å². The lowest BCUT2D eigenvalue weighted by Crippen LogP contribution is -2.36. The zero-order valence-corrected chi connectivity index (χ0v) is 16.2. The quantitative estimate of drug-likeness (QED) is 0.637. The number of nitrogens with zero attached hydrogens (tertiary/aromatic N) is 3. The van der Waals surface area contributed by atoms with E-state index in [1.54, 1.807) is 0 Å². The van der Waals surface area contributed by atoms with Gasteiger partial charge in [-0.3, -0.25) is 0 Å². The Hall–Kier alpha value is -0.860. The Morgan fingerprint density at radius 3 is 2.42 bits per heavy atom. The van der Waals surface area contributed by atoms with Gasteiger partial charge in [0.2, 0.25) is 0 Å². The van der Waals surface area contributed by atoms with Crippen molar-refractivity contribution in [2.24, 2.45) is 5.41 Å². The first-order valence-electron chi connectivity index (χ1n) is 10.5. The van der Waals surface area contributed by atoms with Crippen LogP contribution < -0.4 is 0 Å². The van der Waals surface area contributed by atoms with E-state index in [0.717, 1.165) is 13.0 Å². The lowest BCUT2D eigenvalue weighted by atomic mass is 9.63. The number of hydrogen-bond acceptors (Lipinski definition) is 2. The molecule has 2 heterocycles. The lowest BCUT2D eigenvalue weighted by Gasteiger charge is -2.43. The zero-order valence-electron chi connectivity index (χ0n) is 16.2. The molecule has 24 heavy (non-hydrogen) atoms. The van der Waals surface area contributed by atoms with E-state index in [-0.39, 0.29) is 5.41 Å². The van der Waals surface area contributed by atoms with E-state index in [9.17, 15) is 0 Å². The summed E-state index contributed by atoms with van der Waals surface area (Å²) in [5.74, 6) is 2.55. The van der Waals surface area contributed by atoms with Gasteiger partial charge in [-0.2, -0.15) is 0 Å². The molecule has 3 nitrogen and oxygen atoms in total. The van der Waals surface area contributed by atoms with Gasteiger partial charge in [-0.15, -0.1) is 10.2 Å². The molecule has 2 aliphatic rings. The zero-order chi connectivity index (χ0) is 17.0. The van der Waals surface area contributed by atoms with Crippen LogP contribution in [0, 0.1) is 5.41 Å². The second kappa shape index (κ2) is 7.58. The molecule has 1 aromatic heterocycles. The standard InChI is InChI=1S/C21H37N3/c1-4-5-9-12-20(2)13-15-21(3,16-14-20)19-23-22-18-11-8-6-7-10-17-24(18)19/h4-17H2,1-3H3. The summed E-state index contributed by atoms with van der Waals surface area (Å²) in [7, 11) is 0. The summed E-state index contributed by atoms with van der Waals surface area (Å²) in [6.45, 7) is 8.42. The highest BCUT2D eigenvalue weighted by Crippen LogP contribution is 2.48. The molecular formula is C21H37N3. The molecule has 0 spiro atoms. The molecule has 0 radical (unpaired) electrons. The first-order chi connectivity index (χ1) is 11.6. The van der Waals surface area contributed by atoms with Gasteiger partial charge in [0.05, 0.1) is 0 Å². The smallest absolute Gasteiger partial charge is 0.138 e. The van der Waals surface area contributed by atoms with Gasteiger partial charge in [-0.1, -0.05) is 52.9 Å². The Kier molecular flexibility index (Phi) is 5.66. The first kappa shape index (κ1) is 17.9. The van der Waals surface area contributed by atoms with Gasteiger partial charge in [0.15, 0.2) is 0 Å². The van der Waals surface area contributed by atoms with E-state index in [4.69, 9.17) is 5.10 Å². The normalized spacial score (nSPS) is 31.3. The van der Waals surface area contributed by atoms with Crippen LogP contribution in [-0.4, -0.2) is 14.8 Å². The van der Waals surface area contributed by atoms with Gasteiger partial charge in [0.25, 0.3) is 0 Å². The molecule has 0 aromatic carbocycles. The van der Waals surface area contributed by atoms with E-state index in [2.05, 4.69) is 30.4 Å². The maximum Gasteiger partial charge on any atom is 0.138 e. The van der Waals surface area contributed by atoms with Crippen molar-refractivity contribution in [1.82, 2.24) is 14.8 Å². The Morgan fingerprint density at radius 1 is 0.917 bits per heavy atom. The van der Waals surface area contributed by atoms with Crippen molar-refractivity contribution in [2.75, 3.05) is 0 Å². The minimum Gasteiger partial charge on any atom is -0.315 e. The summed E-state index contributed by atoms with van der Waals surface area (Å²) in [6, 6.07) is 0. The molecule has 1 aromatic rings. The highest BCUT2D eigenvalue weighted by atomic mass is 15.3. The van der Waals surface area contributed by atoms with Crippen molar-refractivity contribution in [1.29, 1.82) is 0 Å². The van der Waals surface area contributed by atoms with Gasteiger partial charge in [0.1, 0.15) is 11.6 Å². The summed E-state index contributed by atoms with van der Waals surface area (Å²) in [4.78, 5) is 0. The summed E-state index contributed by atoms with van der Waals surface area (Å²) in [5, 5.41) is 9.30. The topological polar surface area (TPSA) is 30.7 Å². The molecule has 0 amide bonds. The van der Waals surface area contributed by atoms with Crippen LogP contribution in [0.5, 0.6) is 0 Å². The minimum absolute atomic E-state index is 0.245. The van der Waals surface area contributed by atoms with Crippen molar-refractivity contribution in [2.45, 2.75) is 116 Å². The molecule has 0 N–H and O–H groups in total. The number of unbranched alkanes of at least 4 members (excludes halogenated alkanes) is 2. The maximum atomic E-state index is 4.71. The molecule has 0 atom stereocenters. The van der Waals surface area contributed by atoms with Gasteiger partial charge >= 0.3 is 0 Å². The second-order valence-electron chi connectivity index (χ2n) is 9.08. The third-order valence-corrected chi connectivity index (χ3v) is 6.84. The van der Waals surface area contributed by atoms with Crippen LogP contribution in [-0.2, 0) is 18.4 Å². The number of hydrogen-bond donors (Lipinski definition) is 0. The molecule has 0 saturated heterocycles. The van der Waals surface area contributed by atoms with E-state index >= 15 is 0 Å². The fourth-order valence-corrected chi connectivity index (χ4v) is 4.79. The molecule has 136 valence electrons. The first-order valence-corrected chi connectivity index (χ1v) is 10.5. The fraction of sp³-hybridized carbons (Fsp3) is 0.905. The van der Waals surface area contributed by atoms with Crippen LogP contribution in [0.3, 0.4) is 0 Å². The average molecular weight is 332 g/mol. The van der Waals surface area contributed by atoms with Gasteiger partial charge in [-0.25, -0.2) is 0 Å². The van der Waals surface area contributed by atoms with Crippen LogP contribution in [0.4, 0.5) is 0 Å². The van der Waals surface area contributed by atoms with Gasteiger partial charge < -0.3 is 4.57 Å². The number of aryl methyl sites for hydroxylation is 1. The highest BCUT2D eigenvalue weighted by Gasteiger charge is 2.41. The number of fused-ring (bicyclic) bond motifs is 1. The third kappa shape index (κ3) is 3.86. The monoisotopic (exact) mass is 331 g/mol. The van der Waals surface area contributed by atoms with Crippen molar-refractivity contribution in [3.05, 3.63) is 11.6 Å². The van der Waals surface area contributed by atoms with Gasteiger partial charge in [-0.05, 0) is 50.4 Å². The maximum absolute atomic E-state index is 4.71. The highest BCUT2D eigenvalue weighted by molar-refractivity contribution is 5.12. The van der Waals surface area contributed by atoms with Crippen molar-refractivity contribution in [3.8, 4) is 0 Å². The van der Waals surface area contributed by atoms with Crippen LogP contribution in [0.15, 0.2) is 0 Å². The predicted molar refractivity (Wildman–Crippen MR) is 100 cm³/mol. The molecule has 1 aliphatic heterocycles. The third-order valence-electron chi connectivity index (χ3n) is 6.84. The molecule has 1 aliphatic carbocycles. The lowest BCUT2D eigenvalue weighted by molar-refractivity contribution is 0.131. The fourth-order valence-electron chi connectivity index (χ4n) is 4.79.